The molecule has 0 aliphatic carbocycles. The van der Waals surface area contributed by atoms with Gasteiger partial charge in [-0.3, -0.25) is 0 Å². The first kappa shape index (κ1) is 26.4. The molecule has 0 saturated heterocycles. The van der Waals surface area contributed by atoms with E-state index in [9.17, 15) is 0 Å². The molecular weight excluding hydrogens is 319 g/mol. The molecule has 0 rings (SSSR count). The Kier molecular flexibility index (Phi) is 33.5. The number of halogens is 1. The fourth-order valence-electron chi connectivity index (χ4n) is 2.55. The standard InChI is InChI=1S/C18H37.BrH.Na/c1-3-5-7-9-11-13-15-17-18-16-14-12-10-8-6-4-2;;/h1,3-18H2,2H3;1H;/q-1;;+1. The van der Waals surface area contributed by atoms with E-state index < -0.39 is 0 Å². The summed E-state index contributed by atoms with van der Waals surface area (Å²) >= 11 is 0. The van der Waals surface area contributed by atoms with Gasteiger partial charge in [-0.1, -0.05) is 103 Å². The van der Waals surface area contributed by atoms with Crippen LogP contribution in [0.2, 0.25) is 0 Å². The first-order valence-corrected chi connectivity index (χ1v) is 8.71. The van der Waals surface area contributed by atoms with Gasteiger partial charge >= 0.3 is 29.6 Å². The van der Waals surface area contributed by atoms with Gasteiger partial charge in [-0.05, 0) is 0 Å². The molecular formula is C18H38BrNa. The Morgan fingerprint density at radius 2 is 0.750 bits per heavy atom. The van der Waals surface area contributed by atoms with Crippen LogP contribution in [0.3, 0.4) is 0 Å². The van der Waals surface area contributed by atoms with Crippen LogP contribution >= 0.6 is 17.0 Å². The van der Waals surface area contributed by atoms with Crippen LogP contribution in [0.1, 0.15) is 110 Å². The number of rotatable bonds is 15. The van der Waals surface area contributed by atoms with Crippen LogP contribution in [0, 0.1) is 6.92 Å². The SMILES string of the molecule is Br.[CH2-]CCCCCCCCCCCCCCCCC.[Na+]. The summed E-state index contributed by atoms with van der Waals surface area (Å²) < 4.78 is 0. The normalized spacial score (nSPS) is 9.90. The van der Waals surface area contributed by atoms with Crippen molar-refractivity contribution >= 4 is 17.0 Å². The van der Waals surface area contributed by atoms with Gasteiger partial charge in [-0.2, -0.15) is 6.42 Å². The summed E-state index contributed by atoms with van der Waals surface area (Å²) in [5, 5.41) is 0. The largest absolute Gasteiger partial charge is 1.00 e. The summed E-state index contributed by atoms with van der Waals surface area (Å²) in [5.74, 6) is 0. The van der Waals surface area contributed by atoms with Crippen molar-refractivity contribution in [1.82, 2.24) is 0 Å². The van der Waals surface area contributed by atoms with Crippen molar-refractivity contribution in [2.24, 2.45) is 0 Å². The van der Waals surface area contributed by atoms with Gasteiger partial charge in [0.15, 0.2) is 0 Å². The minimum atomic E-state index is 0. The molecule has 0 radical (unpaired) electrons. The molecule has 0 fully saturated rings. The van der Waals surface area contributed by atoms with Gasteiger partial charge in [0.2, 0.25) is 0 Å². The van der Waals surface area contributed by atoms with E-state index in [1.54, 1.807) is 0 Å². The van der Waals surface area contributed by atoms with Gasteiger partial charge in [0.1, 0.15) is 0 Å². The van der Waals surface area contributed by atoms with Crippen LogP contribution in [0.15, 0.2) is 0 Å². The van der Waals surface area contributed by atoms with Crippen molar-refractivity contribution < 1.29 is 29.6 Å². The smallest absolute Gasteiger partial charge is 0.343 e. The molecule has 0 amide bonds. The molecule has 0 aliphatic heterocycles. The average Bonchev–Trinajstić information content (AvgIpc) is 2.39. The van der Waals surface area contributed by atoms with Crippen molar-refractivity contribution in [2.45, 2.75) is 110 Å². The Morgan fingerprint density at radius 1 is 0.500 bits per heavy atom. The second kappa shape index (κ2) is 25.4. The summed E-state index contributed by atoms with van der Waals surface area (Å²) in [6.45, 7) is 6.18. The zero-order valence-corrected chi connectivity index (χ0v) is 18.1. The fraction of sp³-hybridized carbons (Fsp3) is 0.944. The second-order valence-electron chi connectivity index (χ2n) is 5.80. The van der Waals surface area contributed by atoms with E-state index in [0.29, 0.717) is 0 Å². The Morgan fingerprint density at radius 3 is 1.00 bits per heavy atom. The molecule has 0 N–H and O–H groups in total. The van der Waals surface area contributed by atoms with Gasteiger partial charge in [0, 0.05) is 0 Å². The van der Waals surface area contributed by atoms with Crippen molar-refractivity contribution in [3.8, 4) is 0 Å². The zero-order chi connectivity index (χ0) is 13.3. The fourth-order valence-corrected chi connectivity index (χ4v) is 2.55. The maximum absolute atomic E-state index is 3.88. The Bertz CT molecular complexity index is 123. The van der Waals surface area contributed by atoms with Gasteiger partial charge in [-0.25, -0.2) is 0 Å². The molecule has 0 nitrogen and oxygen atoms in total. The quantitative estimate of drug-likeness (QED) is 0.227. The van der Waals surface area contributed by atoms with E-state index in [0.717, 1.165) is 6.42 Å². The molecule has 0 spiro atoms. The molecule has 0 aromatic heterocycles. The first-order valence-electron chi connectivity index (χ1n) is 8.71. The van der Waals surface area contributed by atoms with E-state index in [4.69, 9.17) is 0 Å². The van der Waals surface area contributed by atoms with Crippen LogP contribution in [0.5, 0.6) is 0 Å². The summed E-state index contributed by atoms with van der Waals surface area (Å²) in [7, 11) is 0. The average molecular weight is 357 g/mol. The molecule has 20 heavy (non-hydrogen) atoms. The third kappa shape index (κ3) is 24.5. The molecule has 0 heterocycles. The van der Waals surface area contributed by atoms with Crippen molar-refractivity contribution in [1.29, 1.82) is 0 Å². The monoisotopic (exact) mass is 356 g/mol. The van der Waals surface area contributed by atoms with Crippen LogP contribution in [0.25, 0.3) is 0 Å². The van der Waals surface area contributed by atoms with Crippen molar-refractivity contribution in [3.63, 3.8) is 0 Å². The molecule has 0 aromatic rings. The summed E-state index contributed by atoms with van der Waals surface area (Å²) in [5.41, 5.74) is 0. The van der Waals surface area contributed by atoms with Gasteiger partial charge in [0.05, 0.1) is 0 Å². The van der Waals surface area contributed by atoms with E-state index in [1.807, 2.05) is 0 Å². The number of hydrogen-bond donors (Lipinski definition) is 0. The van der Waals surface area contributed by atoms with Crippen molar-refractivity contribution in [2.75, 3.05) is 0 Å². The predicted molar refractivity (Wildman–Crippen MR) is 95.2 cm³/mol. The Balaban J connectivity index is -0.00000144. The molecule has 0 aromatic carbocycles. The third-order valence-corrected chi connectivity index (χ3v) is 3.85. The maximum Gasteiger partial charge on any atom is 1.00 e. The topological polar surface area (TPSA) is 0 Å². The summed E-state index contributed by atoms with van der Waals surface area (Å²) in [6, 6.07) is 0. The van der Waals surface area contributed by atoms with E-state index >= 15 is 0 Å². The maximum atomic E-state index is 3.88. The van der Waals surface area contributed by atoms with Gasteiger partial charge in [0.25, 0.3) is 0 Å². The van der Waals surface area contributed by atoms with Crippen molar-refractivity contribution in [3.05, 3.63) is 6.92 Å². The van der Waals surface area contributed by atoms with E-state index in [2.05, 4.69) is 13.8 Å². The number of unbranched alkanes of at least 4 members (excludes halogenated alkanes) is 15. The minimum absolute atomic E-state index is 0. The van der Waals surface area contributed by atoms with Gasteiger partial charge < -0.3 is 6.92 Å². The predicted octanol–water partition coefficient (Wildman–Crippen LogP) is 4.66. The number of hydrogen-bond acceptors (Lipinski definition) is 0. The molecule has 0 unspecified atom stereocenters. The Hall–Kier alpha value is 1.48. The van der Waals surface area contributed by atoms with Crippen LogP contribution < -0.4 is 29.6 Å². The first-order chi connectivity index (χ1) is 8.91. The molecule has 2 heteroatoms. The van der Waals surface area contributed by atoms with Gasteiger partial charge in [-0.15, -0.1) is 17.0 Å². The van der Waals surface area contributed by atoms with E-state index in [-0.39, 0.29) is 46.5 Å². The molecule has 0 aliphatic rings. The molecule has 0 saturated carbocycles. The summed E-state index contributed by atoms with van der Waals surface area (Å²) in [6.07, 6.45) is 22.8. The zero-order valence-electron chi connectivity index (χ0n) is 14.4. The third-order valence-electron chi connectivity index (χ3n) is 3.85. The van der Waals surface area contributed by atoms with Crippen LogP contribution in [-0.4, -0.2) is 0 Å². The van der Waals surface area contributed by atoms with Crippen LogP contribution in [0.4, 0.5) is 0 Å². The Labute approximate surface area is 162 Å². The second-order valence-corrected chi connectivity index (χ2v) is 5.80. The minimum Gasteiger partial charge on any atom is -0.343 e. The molecule has 0 atom stereocenters. The molecule has 0 bridgehead atoms. The van der Waals surface area contributed by atoms with E-state index in [1.165, 1.54) is 96.3 Å². The molecule has 118 valence electrons. The van der Waals surface area contributed by atoms with Crippen LogP contribution in [-0.2, 0) is 0 Å². The summed E-state index contributed by atoms with van der Waals surface area (Å²) in [4.78, 5) is 0.